The number of nitrogens with zero attached hydrogens (tertiary/aromatic N) is 2. The lowest BCUT2D eigenvalue weighted by atomic mass is 10.2. The molecule has 0 saturated carbocycles. The Morgan fingerprint density at radius 1 is 1.15 bits per heavy atom. The van der Waals surface area contributed by atoms with Gasteiger partial charge in [-0.2, -0.15) is 4.31 Å². The number of aromatic nitrogens is 1. The molecule has 1 aliphatic rings. The standard InChI is InChI=1S/C18H22ClN3O3S/c1-13-10-14(19)6-7-16(13)20-18(23)17-11-15(12-21(17)2)26(24,25)22-8-4-3-5-9-22/h6-7,10-12H,3-5,8-9H2,1-2H3,(H,20,23). The van der Waals surface area contributed by atoms with Crippen molar-refractivity contribution < 1.29 is 13.2 Å². The van der Waals surface area contributed by atoms with Crippen molar-refractivity contribution in [2.24, 2.45) is 7.05 Å². The minimum Gasteiger partial charge on any atom is -0.345 e. The number of hydrogen-bond donors (Lipinski definition) is 1. The molecular weight excluding hydrogens is 374 g/mol. The Labute approximate surface area is 158 Å². The second-order valence-electron chi connectivity index (χ2n) is 6.55. The van der Waals surface area contributed by atoms with Crippen LogP contribution in [-0.2, 0) is 17.1 Å². The summed E-state index contributed by atoms with van der Waals surface area (Å²) in [6.07, 6.45) is 4.28. The lowest BCUT2D eigenvalue weighted by Gasteiger charge is -2.25. The fourth-order valence-corrected chi connectivity index (χ4v) is 4.92. The summed E-state index contributed by atoms with van der Waals surface area (Å²) in [7, 11) is -1.90. The third-order valence-corrected chi connectivity index (χ3v) is 6.70. The van der Waals surface area contributed by atoms with E-state index in [2.05, 4.69) is 5.32 Å². The summed E-state index contributed by atoms with van der Waals surface area (Å²) in [6, 6.07) is 6.62. The first-order valence-electron chi connectivity index (χ1n) is 8.53. The lowest BCUT2D eigenvalue weighted by molar-refractivity contribution is 0.101. The van der Waals surface area contributed by atoms with Crippen molar-refractivity contribution in [2.45, 2.75) is 31.1 Å². The van der Waals surface area contributed by atoms with Crippen molar-refractivity contribution in [3.05, 3.63) is 46.7 Å². The molecule has 1 N–H and O–H groups in total. The summed E-state index contributed by atoms with van der Waals surface area (Å²) in [5, 5.41) is 3.40. The van der Waals surface area contributed by atoms with Gasteiger partial charge in [-0.05, 0) is 49.6 Å². The molecule has 140 valence electrons. The van der Waals surface area contributed by atoms with Crippen LogP contribution in [0.1, 0.15) is 35.3 Å². The number of carbonyl (C=O) groups is 1. The van der Waals surface area contributed by atoms with Crippen LogP contribution in [0.2, 0.25) is 5.02 Å². The van der Waals surface area contributed by atoms with E-state index < -0.39 is 10.0 Å². The smallest absolute Gasteiger partial charge is 0.272 e. The molecule has 0 spiro atoms. The number of nitrogens with one attached hydrogen (secondary N) is 1. The van der Waals surface area contributed by atoms with Crippen LogP contribution in [-0.4, -0.2) is 36.3 Å². The van der Waals surface area contributed by atoms with Gasteiger partial charge in [0.1, 0.15) is 10.6 Å². The Balaban J connectivity index is 1.84. The average molecular weight is 396 g/mol. The minimum atomic E-state index is -3.57. The van der Waals surface area contributed by atoms with Gasteiger partial charge in [-0.1, -0.05) is 18.0 Å². The first-order valence-corrected chi connectivity index (χ1v) is 10.3. The Bertz CT molecular complexity index is 931. The number of carbonyl (C=O) groups excluding carboxylic acids is 1. The Kier molecular flexibility index (Phi) is 5.41. The average Bonchev–Trinajstić information content (AvgIpc) is 3.01. The first-order chi connectivity index (χ1) is 12.3. The van der Waals surface area contributed by atoms with E-state index in [0.29, 0.717) is 23.8 Å². The van der Waals surface area contributed by atoms with Crippen LogP contribution in [0.15, 0.2) is 35.4 Å². The van der Waals surface area contributed by atoms with Gasteiger partial charge in [-0.25, -0.2) is 8.42 Å². The normalized spacial score (nSPS) is 15.8. The third kappa shape index (κ3) is 3.79. The monoisotopic (exact) mass is 395 g/mol. The summed E-state index contributed by atoms with van der Waals surface area (Å²) in [5.74, 6) is -0.363. The lowest BCUT2D eigenvalue weighted by Crippen LogP contribution is -2.35. The van der Waals surface area contributed by atoms with E-state index in [1.807, 2.05) is 6.92 Å². The summed E-state index contributed by atoms with van der Waals surface area (Å²) in [5.41, 5.74) is 1.76. The third-order valence-electron chi connectivity index (χ3n) is 4.60. The zero-order valence-corrected chi connectivity index (χ0v) is 16.4. The highest BCUT2D eigenvalue weighted by atomic mass is 35.5. The molecule has 1 aliphatic heterocycles. The number of anilines is 1. The second kappa shape index (κ2) is 7.42. The minimum absolute atomic E-state index is 0.153. The van der Waals surface area contributed by atoms with Gasteiger partial charge in [-0.3, -0.25) is 4.79 Å². The fraction of sp³-hybridized carbons (Fsp3) is 0.389. The van der Waals surface area contributed by atoms with E-state index in [1.165, 1.54) is 21.1 Å². The second-order valence-corrected chi connectivity index (χ2v) is 8.92. The van der Waals surface area contributed by atoms with Crippen LogP contribution in [0.5, 0.6) is 0 Å². The molecule has 0 unspecified atom stereocenters. The Hall–Kier alpha value is -1.83. The molecule has 6 nitrogen and oxygen atoms in total. The number of hydrogen-bond acceptors (Lipinski definition) is 3. The highest BCUT2D eigenvalue weighted by molar-refractivity contribution is 7.89. The molecule has 2 heterocycles. The summed E-state index contributed by atoms with van der Waals surface area (Å²) < 4.78 is 28.6. The zero-order chi connectivity index (χ0) is 18.9. The van der Waals surface area contributed by atoms with E-state index in [1.54, 1.807) is 25.2 Å². The Morgan fingerprint density at radius 2 is 1.85 bits per heavy atom. The quantitative estimate of drug-likeness (QED) is 0.862. The number of halogens is 1. The van der Waals surface area contributed by atoms with Crippen molar-refractivity contribution in [1.82, 2.24) is 8.87 Å². The molecule has 0 atom stereocenters. The predicted molar refractivity (Wildman–Crippen MR) is 102 cm³/mol. The maximum Gasteiger partial charge on any atom is 0.272 e. The highest BCUT2D eigenvalue weighted by Gasteiger charge is 2.28. The molecular formula is C18H22ClN3O3S. The highest BCUT2D eigenvalue weighted by Crippen LogP contribution is 2.24. The molecule has 0 aliphatic carbocycles. The van der Waals surface area contributed by atoms with E-state index in [-0.39, 0.29) is 16.5 Å². The van der Waals surface area contributed by atoms with Crippen LogP contribution >= 0.6 is 11.6 Å². The first kappa shape index (κ1) is 18.9. The van der Waals surface area contributed by atoms with Gasteiger partial charge in [0.2, 0.25) is 10.0 Å². The van der Waals surface area contributed by atoms with Crippen LogP contribution in [0.25, 0.3) is 0 Å². The topological polar surface area (TPSA) is 71.4 Å². The van der Waals surface area contributed by atoms with Crippen molar-refractivity contribution in [3.8, 4) is 0 Å². The van der Waals surface area contributed by atoms with Gasteiger partial charge in [0.15, 0.2) is 0 Å². The summed E-state index contributed by atoms with van der Waals surface area (Å²) in [4.78, 5) is 12.8. The molecule has 8 heteroatoms. The van der Waals surface area contributed by atoms with Gasteiger partial charge in [-0.15, -0.1) is 0 Å². The van der Waals surface area contributed by atoms with Gasteiger partial charge >= 0.3 is 0 Å². The number of benzene rings is 1. The SMILES string of the molecule is Cc1cc(Cl)ccc1NC(=O)c1cc(S(=O)(=O)N2CCCCC2)cn1C. The molecule has 1 saturated heterocycles. The molecule has 0 radical (unpaired) electrons. The molecule has 0 bridgehead atoms. The molecule has 1 fully saturated rings. The number of piperidine rings is 1. The molecule has 26 heavy (non-hydrogen) atoms. The maximum atomic E-state index is 12.8. The molecule has 2 aromatic rings. The van der Waals surface area contributed by atoms with Crippen molar-refractivity contribution >= 4 is 33.2 Å². The van der Waals surface area contributed by atoms with Crippen LogP contribution in [0.4, 0.5) is 5.69 Å². The van der Waals surface area contributed by atoms with Gasteiger partial charge < -0.3 is 9.88 Å². The molecule has 1 aromatic carbocycles. The summed E-state index contributed by atoms with van der Waals surface area (Å²) >= 11 is 5.93. The van der Waals surface area contributed by atoms with Gasteiger partial charge in [0, 0.05) is 37.0 Å². The number of aryl methyl sites for hydroxylation is 2. The predicted octanol–water partition coefficient (Wildman–Crippen LogP) is 3.41. The van der Waals surface area contributed by atoms with Crippen LogP contribution < -0.4 is 5.32 Å². The zero-order valence-electron chi connectivity index (χ0n) is 14.8. The van der Waals surface area contributed by atoms with Crippen LogP contribution in [0, 0.1) is 6.92 Å². The van der Waals surface area contributed by atoms with E-state index in [9.17, 15) is 13.2 Å². The summed E-state index contributed by atoms with van der Waals surface area (Å²) in [6.45, 7) is 2.91. The molecule has 3 rings (SSSR count). The van der Waals surface area contributed by atoms with E-state index >= 15 is 0 Å². The van der Waals surface area contributed by atoms with Gasteiger partial charge in [0.05, 0.1) is 0 Å². The van der Waals surface area contributed by atoms with Crippen molar-refractivity contribution in [2.75, 3.05) is 18.4 Å². The maximum absolute atomic E-state index is 12.8. The Morgan fingerprint density at radius 3 is 2.50 bits per heavy atom. The fourth-order valence-electron chi connectivity index (χ4n) is 3.11. The van der Waals surface area contributed by atoms with Crippen molar-refractivity contribution in [1.29, 1.82) is 0 Å². The molecule has 1 amide bonds. The molecule has 1 aromatic heterocycles. The van der Waals surface area contributed by atoms with Gasteiger partial charge in [0.25, 0.3) is 5.91 Å². The van der Waals surface area contributed by atoms with Crippen molar-refractivity contribution in [3.63, 3.8) is 0 Å². The van der Waals surface area contributed by atoms with E-state index in [0.717, 1.165) is 24.8 Å². The number of rotatable bonds is 4. The number of sulfonamides is 1. The largest absolute Gasteiger partial charge is 0.345 e. The van der Waals surface area contributed by atoms with E-state index in [4.69, 9.17) is 11.6 Å². The number of amides is 1. The van der Waals surface area contributed by atoms with Crippen LogP contribution in [0.3, 0.4) is 0 Å².